The molecule has 0 radical (unpaired) electrons. The van der Waals surface area contributed by atoms with Crippen LogP contribution in [0.3, 0.4) is 0 Å². The van der Waals surface area contributed by atoms with E-state index in [2.05, 4.69) is 10.6 Å². The lowest BCUT2D eigenvalue weighted by Gasteiger charge is -2.18. The van der Waals surface area contributed by atoms with Crippen LogP contribution in [0.25, 0.3) is 0 Å². The summed E-state index contributed by atoms with van der Waals surface area (Å²) in [5.41, 5.74) is 3.61. The van der Waals surface area contributed by atoms with Crippen molar-refractivity contribution in [3.8, 4) is 5.75 Å². The van der Waals surface area contributed by atoms with E-state index in [4.69, 9.17) is 4.74 Å². The van der Waals surface area contributed by atoms with Gasteiger partial charge in [-0.3, -0.25) is 9.59 Å². The second kappa shape index (κ2) is 9.04. The summed E-state index contributed by atoms with van der Waals surface area (Å²) < 4.78 is 5.15. The number of aryl methyl sites for hydroxylation is 2. The van der Waals surface area contributed by atoms with E-state index < -0.39 is 0 Å². The quantitative estimate of drug-likeness (QED) is 0.802. The molecule has 0 fully saturated rings. The Bertz CT molecular complexity index is 749. The second-order valence-electron chi connectivity index (χ2n) is 6.36. The number of carbonyl (C=O) groups excluding carboxylic acids is 2. The van der Waals surface area contributed by atoms with Gasteiger partial charge in [0.25, 0.3) is 5.91 Å². The Labute approximate surface area is 154 Å². The van der Waals surface area contributed by atoms with Gasteiger partial charge in [0.05, 0.1) is 19.7 Å². The van der Waals surface area contributed by atoms with Gasteiger partial charge in [0.15, 0.2) is 0 Å². The SMILES string of the molecule is CCC(NC(=O)CNC(=O)c1cc(C)cc(C)c1)c1ccc(OC)cc1. The number of nitrogens with one attached hydrogen (secondary N) is 2. The predicted molar refractivity (Wildman–Crippen MR) is 102 cm³/mol. The Hall–Kier alpha value is -2.82. The molecule has 0 aromatic heterocycles. The molecule has 0 saturated carbocycles. The van der Waals surface area contributed by atoms with Crippen LogP contribution >= 0.6 is 0 Å². The van der Waals surface area contributed by atoms with E-state index in [0.717, 1.165) is 28.9 Å². The van der Waals surface area contributed by atoms with E-state index in [9.17, 15) is 9.59 Å². The van der Waals surface area contributed by atoms with Crippen molar-refractivity contribution >= 4 is 11.8 Å². The van der Waals surface area contributed by atoms with E-state index in [-0.39, 0.29) is 24.4 Å². The van der Waals surface area contributed by atoms with Gasteiger partial charge < -0.3 is 15.4 Å². The summed E-state index contributed by atoms with van der Waals surface area (Å²) in [6, 6.07) is 13.1. The monoisotopic (exact) mass is 354 g/mol. The van der Waals surface area contributed by atoms with Crippen molar-refractivity contribution in [2.45, 2.75) is 33.2 Å². The molecule has 2 rings (SSSR count). The molecule has 1 unspecified atom stereocenters. The zero-order chi connectivity index (χ0) is 19.1. The van der Waals surface area contributed by atoms with Gasteiger partial charge in [0.2, 0.25) is 5.91 Å². The number of hydrogen-bond donors (Lipinski definition) is 2. The van der Waals surface area contributed by atoms with E-state index in [1.54, 1.807) is 7.11 Å². The third-order valence-electron chi connectivity index (χ3n) is 4.16. The van der Waals surface area contributed by atoms with Crippen molar-refractivity contribution in [2.24, 2.45) is 0 Å². The van der Waals surface area contributed by atoms with Crippen molar-refractivity contribution < 1.29 is 14.3 Å². The molecule has 5 nitrogen and oxygen atoms in total. The second-order valence-corrected chi connectivity index (χ2v) is 6.36. The lowest BCUT2D eigenvalue weighted by Crippen LogP contribution is -2.38. The number of hydrogen-bond acceptors (Lipinski definition) is 3. The minimum atomic E-state index is -0.246. The summed E-state index contributed by atoms with van der Waals surface area (Å²) in [5, 5.41) is 5.64. The van der Waals surface area contributed by atoms with Gasteiger partial charge in [-0.1, -0.05) is 36.2 Å². The van der Waals surface area contributed by atoms with Crippen molar-refractivity contribution in [1.82, 2.24) is 10.6 Å². The highest BCUT2D eigenvalue weighted by Gasteiger charge is 2.14. The number of benzene rings is 2. The van der Waals surface area contributed by atoms with Gasteiger partial charge >= 0.3 is 0 Å². The topological polar surface area (TPSA) is 67.4 Å². The van der Waals surface area contributed by atoms with Crippen molar-refractivity contribution in [2.75, 3.05) is 13.7 Å². The lowest BCUT2D eigenvalue weighted by atomic mass is 10.0. The standard InChI is InChI=1S/C21H26N2O3/c1-5-19(16-6-8-18(26-4)9-7-16)23-20(24)13-22-21(25)17-11-14(2)10-15(3)12-17/h6-12,19H,5,13H2,1-4H3,(H,22,25)(H,23,24). The van der Waals surface area contributed by atoms with Crippen LogP contribution in [0, 0.1) is 13.8 Å². The van der Waals surface area contributed by atoms with Crippen LogP contribution in [0.2, 0.25) is 0 Å². The van der Waals surface area contributed by atoms with Crippen molar-refractivity contribution in [3.05, 3.63) is 64.7 Å². The first kappa shape index (κ1) is 19.5. The molecule has 1 atom stereocenters. The summed E-state index contributed by atoms with van der Waals surface area (Å²) in [4.78, 5) is 24.5. The van der Waals surface area contributed by atoms with Crippen LogP contribution in [0.1, 0.15) is 46.4 Å². The normalized spacial score (nSPS) is 11.5. The fourth-order valence-electron chi connectivity index (χ4n) is 2.87. The van der Waals surface area contributed by atoms with Crippen LogP contribution in [-0.2, 0) is 4.79 Å². The summed E-state index contributed by atoms with van der Waals surface area (Å²) >= 11 is 0. The van der Waals surface area contributed by atoms with E-state index >= 15 is 0 Å². The average molecular weight is 354 g/mol. The van der Waals surface area contributed by atoms with E-state index in [1.165, 1.54) is 0 Å². The predicted octanol–water partition coefficient (Wildman–Crippen LogP) is 3.31. The Balaban J connectivity index is 1.92. The number of amides is 2. The summed E-state index contributed by atoms with van der Waals surface area (Å²) in [6.45, 7) is 5.83. The van der Waals surface area contributed by atoms with Crippen LogP contribution in [-0.4, -0.2) is 25.5 Å². The Kier molecular flexibility index (Phi) is 6.78. The number of rotatable bonds is 7. The van der Waals surface area contributed by atoms with Gasteiger partial charge in [-0.25, -0.2) is 0 Å². The molecule has 2 amide bonds. The van der Waals surface area contributed by atoms with Gasteiger partial charge in [-0.15, -0.1) is 0 Å². The zero-order valence-corrected chi connectivity index (χ0v) is 15.8. The Morgan fingerprint density at radius 1 is 1.04 bits per heavy atom. The molecular weight excluding hydrogens is 328 g/mol. The van der Waals surface area contributed by atoms with Crippen LogP contribution in [0.15, 0.2) is 42.5 Å². The van der Waals surface area contributed by atoms with Gasteiger partial charge in [-0.2, -0.15) is 0 Å². The highest BCUT2D eigenvalue weighted by molar-refractivity contribution is 5.96. The summed E-state index contributed by atoms with van der Waals surface area (Å²) in [7, 11) is 1.62. The minimum Gasteiger partial charge on any atom is -0.497 e. The highest BCUT2D eigenvalue weighted by atomic mass is 16.5. The van der Waals surface area contributed by atoms with Gasteiger partial charge in [0.1, 0.15) is 5.75 Å². The maximum absolute atomic E-state index is 12.2. The maximum Gasteiger partial charge on any atom is 0.251 e. The molecule has 2 aromatic rings. The third kappa shape index (κ3) is 5.34. The number of carbonyl (C=O) groups is 2. The highest BCUT2D eigenvalue weighted by Crippen LogP contribution is 2.19. The third-order valence-corrected chi connectivity index (χ3v) is 4.16. The minimum absolute atomic E-state index is 0.0571. The van der Waals surface area contributed by atoms with Crippen molar-refractivity contribution in [3.63, 3.8) is 0 Å². The van der Waals surface area contributed by atoms with Crippen LogP contribution in [0.4, 0.5) is 0 Å². The van der Waals surface area contributed by atoms with Crippen LogP contribution < -0.4 is 15.4 Å². The molecule has 0 bridgehead atoms. The molecule has 0 saturated heterocycles. The first-order valence-corrected chi connectivity index (χ1v) is 8.72. The molecule has 0 aliphatic rings. The Morgan fingerprint density at radius 3 is 2.19 bits per heavy atom. The molecule has 5 heteroatoms. The maximum atomic E-state index is 12.2. The fourth-order valence-corrected chi connectivity index (χ4v) is 2.87. The van der Waals surface area contributed by atoms with Crippen LogP contribution in [0.5, 0.6) is 5.75 Å². The smallest absolute Gasteiger partial charge is 0.251 e. The molecule has 0 aliphatic heterocycles. The molecule has 138 valence electrons. The molecule has 0 aliphatic carbocycles. The zero-order valence-electron chi connectivity index (χ0n) is 15.8. The molecule has 26 heavy (non-hydrogen) atoms. The van der Waals surface area contributed by atoms with E-state index in [0.29, 0.717) is 5.56 Å². The number of ether oxygens (including phenoxy) is 1. The van der Waals surface area contributed by atoms with Crippen molar-refractivity contribution in [1.29, 1.82) is 0 Å². The van der Waals surface area contributed by atoms with Gasteiger partial charge in [0, 0.05) is 5.56 Å². The molecule has 0 heterocycles. The van der Waals surface area contributed by atoms with E-state index in [1.807, 2.05) is 63.2 Å². The molecule has 0 spiro atoms. The first-order chi connectivity index (χ1) is 12.4. The molecule has 2 N–H and O–H groups in total. The summed E-state index contributed by atoms with van der Waals surface area (Å²) in [6.07, 6.45) is 0.753. The molecular formula is C21H26N2O3. The number of methoxy groups -OCH3 is 1. The average Bonchev–Trinajstić information content (AvgIpc) is 2.63. The lowest BCUT2D eigenvalue weighted by molar-refractivity contribution is -0.120. The largest absolute Gasteiger partial charge is 0.497 e. The first-order valence-electron chi connectivity index (χ1n) is 8.72. The Morgan fingerprint density at radius 2 is 1.65 bits per heavy atom. The molecule has 2 aromatic carbocycles. The summed E-state index contributed by atoms with van der Waals surface area (Å²) in [5.74, 6) is 0.311. The fraction of sp³-hybridized carbons (Fsp3) is 0.333. The van der Waals surface area contributed by atoms with Gasteiger partial charge in [-0.05, 0) is 50.1 Å².